The molecule has 10 rings (SSSR count). The number of carbonyl (C=O) groups is 3. The third-order valence-corrected chi connectivity index (χ3v) is 14.4. The van der Waals surface area contributed by atoms with Crippen molar-refractivity contribution in [1.29, 1.82) is 0 Å². The van der Waals surface area contributed by atoms with Gasteiger partial charge in [0.1, 0.15) is 19.3 Å². The molecule has 0 spiro atoms. The van der Waals surface area contributed by atoms with Gasteiger partial charge in [0.25, 0.3) is 17.4 Å². The van der Waals surface area contributed by atoms with Crippen LogP contribution < -0.4 is 28.4 Å². The SMILES string of the molecule is COC(=O)CC1(C2CCCCC2)Oc2cc3c4cc5c(cc4c4cc6c(cc4c3cc2O1)OC(CC(=O)OC)(C1CCCCC1)O6)OC(CC(=O)OC)(C1CCCCC1)O5. The fraction of sp³-hybridized carbons (Fsp3) is 0.562. The average Bonchev–Trinajstić information content (AvgIpc) is 3.96. The summed E-state index contributed by atoms with van der Waals surface area (Å²) < 4.78 is 56.5. The summed E-state index contributed by atoms with van der Waals surface area (Å²) in [6.45, 7) is 0. The molecule has 0 saturated heterocycles. The van der Waals surface area contributed by atoms with Gasteiger partial charge >= 0.3 is 17.9 Å². The van der Waals surface area contributed by atoms with Crippen LogP contribution in [0.2, 0.25) is 0 Å². The molecule has 318 valence electrons. The lowest BCUT2D eigenvalue weighted by molar-refractivity contribution is -0.171. The minimum absolute atomic E-state index is 0.00225. The van der Waals surface area contributed by atoms with E-state index >= 15 is 0 Å². The topological polar surface area (TPSA) is 134 Å². The van der Waals surface area contributed by atoms with Gasteiger partial charge in [-0.3, -0.25) is 14.4 Å². The van der Waals surface area contributed by atoms with E-state index in [1.165, 1.54) is 21.3 Å². The summed E-state index contributed by atoms with van der Waals surface area (Å²) in [5.74, 6) is -1.47. The molecule has 12 nitrogen and oxygen atoms in total. The Balaban J connectivity index is 1.16. The van der Waals surface area contributed by atoms with E-state index in [1.54, 1.807) is 0 Å². The van der Waals surface area contributed by atoms with Crippen molar-refractivity contribution >= 4 is 50.2 Å². The maximum atomic E-state index is 13.0. The highest BCUT2D eigenvalue weighted by Gasteiger charge is 2.54. The van der Waals surface area contributed by atoms with Crippen molar-refractivity contribution < 1.29 is 57.0 Å². The molecule has 3 aliphatic heterocycles. The van der Waals surface area contributed by atoms with Gasteiger partial charge in [0.2, 0.25) is 0 Å². The number of esters is 3. The van der Waals surface area contributed by atoms with Gasteiger partial charge < -0.3 is 42.6 Å². The van der Waals surface area contributed by atoms with E-state index in [0.29, 0.717) is 34.5 Å². The van der Waals surface area contributed by atoms with E-state index in [0.717, 1.165) is 129 Å². The maximum Gasteiger partial charge on any atom is 0.313 e. The van der Waals surface area contributed by atoms with Gasteiger partial charge in [-0.25, -0.2) is 0 Å². The smallest absolute Gasteiger partial charge is 0.313 e. The predicted molar refractivity (Wildman–Crippen MR) is 221 cm³/mol. The molecule has 4 aromatic carbocycles. The van der Waals surface area contributed by atoms with Gasteiger partial charge in [-0.1, -0.05) is 57.8 Å². The third-order valence-electron chi connectivity index (χ3n) is 14.4. The second-order valence-electron chi connectivity index (χ2n) is 17.8. The van der Waals surface area contributed by atoms with Gasteiger partial charge in [-0.05, 0) is 107 Å². The van der Waals surface area contributed by atoms with Crippen LogP contribution in [0.3, 0.4) is 0 Å². The van der Waals surface area contributed by atoms with Crippen LogP contribution in [0, 0.1) is 17.8 Å². The first-order valence-electron chi connectivity index (χ1n) is 22.0. The number of methoxy groups -OCH3 is 3. The normalized spacial score (nSPS) is 26.4. The lowest BCUT2D eigenvalue weighted by atomic mass is 9.81. The number of rotatable bonds is 9. The Morgan fingerprint density at radius 1 is 0.400 bits per heavy atom. The Kier molecular flexibility index (Phi) is 9.82. The third kappa shape index (κ3) is 6.51. The molecule has 3 saturated carbocycles. The van der Waals surface area contributed by atoms with Crippen molar-refractivity contribution in [1.82, 2.24) is 0 Å². The largest absolute Gasteiger partial charge is 0.469 e. The molecule has 0 atom stereocenters. The molecule has 0 bridgehead atoms. The Morgan fingerprint density at radius 3 is 0.783 bits per heavy atom. The number of benzene rings is 4. The number of hydrogen-bond acceptors (Lipinski definition) is 12. The second-order valence-corrected chi connectivity index (χ2v) is 17.8. The van der Waals surface area contributed by atoms with Crippen molar-refractivity contribution in [3.8, 4) is 34.5 Å². The first kappa shape index (κ1) is 39.0. The van der Waals surface area contributed by atoms with Gasteiger partial charge in [0.05, 0.1) is 21.3 Å². The molecule has 3 fully saturated rings. The molecule has 12 heteroatoms. The highest BCUT2D eigenvalue weighted by Crippen LogP contribution is 2.56. The monoisotopic (exact) mass is 822 g/mol. The van der Waals surface area contributed by atoms with Crippen LogP contribution in [-0.2, 0) is 28.6 Å². The molecule has 0 unspecified atom stereocenters. The zero-order valence-electron chi connectivity index (χ0n) is 34.8. The number of carbonyl (C=O) groups excluding carboxylic acids is 3. The van der Waals surface area contributed by atoms with Crippen molar-refractivity contribution in [2.45, 2.75) is 133 Å². The minimum atomic E-state index is -1.20. The van der Waals surface area contributed by atoms with Crippen LogP contribution in [0.5, 0.6) is 34.5 Å². The maximum absolute atomic E-state index is 13.0. The first-order chi connectivity index (χ1) is 29.1. The summed E-state index contributed by atoms with van der Waals surface area (Å²) >= 11 is 0. The number of ether oxygens (including phenoxy) is 9. The number of fused-ring (bicyclic) bond motifs is 9. The van der Waals surface area contributed by atoms with Crippen LogP contribution >= 0.6 is 0 Å². The van der Waals surface area contributed by atoms with Crippen molar-refractivity contribution in [3.63, 3.8) is 0 Å². The average molecular weight is 823 g/mol. The zero-order valence-corrected chi connectivity index (χ0v) is 34.8. The minimum Gasteiger partial charge on any atom is -0.469 e. The summed E-state index contributed by atoms with van der Waals surface area (Å²) in [4.78, 5) is 38.9. The summed E-state index contributed by atoms with van der Waals surface area (Å²) in [6.07, 6.45) is 14.8. The molecular weight excluding hydrogens is 769 g/mol. The molecule has 4 aromatic rings. The number of hydrogen-bond donors (Lipinski definition) is 0. The Morgan fingerprint density at radius 2 is 0.600 bits per heavy atom. The van der Waals surface area contributed by atoms with E-state index in [-0.39, 0.29) is 37.0 Å². The lowest BCUT2D eigenvalue weighted by Crippen LogP contribution is -2.49. The van der Waals surface area contributed by atoms with E-state index in [4.69, 9.17) is 42.6 Å². The van der Waals surface area contributed by atoms with Crippen LogP contribution in [0.4, 0.5) is 0 Å². The molecule has 3 aliphatic carbocycles. The van der Waals surface area contributed by atoms with Gasteiger partial charge in [0.15, 0.2) is 34.5 Å². The summed E-state index contributed by atoms with van der Waals surface area (Å²) in [5, 5.41) is 5.24. The Labute approximate surface area is 349 Å². The first-order valence-corrected chi connectivity index (χ1v) is 22.0. The highest BCUT2D eigenvalue weighted by atomic mass is 16.7. The van der Waals surface area contributed by atoms with Crippen LogP contribution in [0.15, 0.2) is 36.4 Å². The standard InChI is InChI=1S/C48H54O12/c1-52-43(49)25-46(28-13-7-4-8-14-28)55-37-19-31-32(20-38(37)56-46)34-22-40-42(60-48(58-40,27-45(51)54-3)30-17-11-6-12-18-30)24-36(34)35-23-41-39(21-33(31)35)57-47(59-41,26-44(50)53-2)29-15-9-5-10-16-29/h19-24,28-30H,4-18,25-27H2,1-3H3. The molecule has 6 aliphatic rings. The van der Waals surface area contributed by atoms with Gasteiger partial charge in [-0.15, -0.1) is 0 Å². The lowest BCUT2D eigenvalue weighted by Gasteiger charge is -2.36. The molecule has 60 heavy (non-hydrogen) atoms. The fourth-order valence-electron chi connectivity index (χ4n) is 11.3. The Hall–Kier alpha value is -5.13. The predicted octanol–water partition coefficient (Wildman–Crippen LogP) is 9.98. The van der Waals surface area contributed by atoms with Crippen molar-refractivity contribution in [2.24, 2.45) is 17.8 Å². The second kappa shape index (κ2) is 15.1. The fourth-order valence-corrected chi connectivity index (χ4v) is 11.3. The molecular formula is C48H54O12. The van der Waals surface area contributed by atoms with Gasteiger partial charge in [-0.2, -0.15) is 0 Å². The highest BCUT2D eigenvalue weighted by molar-refractivity contribution is 6.27. The van der Waals surface area contributed by atoms with E-state index in [2.05, 4.69) is 0 Å². The zero-order chi connectivity index (χ0) is 41.2. The summed E-state index contributed by atoms with van der Waals surface area (Å²) in [5.41, 5.74) is 0. The van der Waals surface area contributed by atoms with E-state index in [1.807, 2.05) is 36.4 Å². The summed E-state index contributed by atoms with van der Waals surface area (Å²) in [6, 6.07) is 12.0. The molecule has 0 N–H and O–H groups in total. The van der Waals surface area contributed by atoms with Gasteiger partial charge in [0, 0.05) is 17.8 Å². The summed E-state index contributed by atoms with van der Waals surface area (Å²) in [7, 11) is 4.17. The van der Waals surface area contributed by atoms with Crippen LogP contribution in [-0.4, -0.2) is 56.6 Å². The van der Waals surface area contributed by atoms with Crippen molar-refractivity contribution in [3.05, 3.63) is 36.4 Å². The van der Waals surface area contributed by atoms with E-state index < -0.39 is 35.3 Å². The molecule has 0 aromatic heterocycles. The van der Waals surface area contributed by atoms with Crippen LogP contribution in [0.1, 0.15) is 116 Å². The molecule has 0 radical (unpaired) electrons. The quantitative estimate of drug-likeness (QED) is 0.0904. The van der Waals surface area contributed by atoms with E-state index in [9.17, 15) is 14.4 Å². The van der Waals surface area contributed by atoms with Crippen molar-refractivity contribution in [2.75, 3.05) is 21.3 Å². The van der Waals surface area contributed by atoms with Crippen LogP contribution in [0.25, 0.3) is 32.3 Å². The molecule has 3 heterocycles. The molecule has 0 amide bonds. The Bertz CT molecular complexity index is 1970.